The zero-order valence-corrected chi connectivity index (χ0v) is 12.8. The topological polar surface area (TPSA) is 37.5 Å². The first kappa shape index (κ1) is 12.8. The fourth-order valence-corrected chi connectivity index (χ4v) is 5.05. The normalized spacial score (nSPS) is 28.9. The van der Waals surface area contributed by atoms with E-state index in [0.29, 0.717) is 11.8 Å². The van der Waals surface area contributed by atoms with Crippen molar-refractivity contribution < 1.29 is 5.11 Å². The maximum absolute atomic E-state index is 11.0. The standard InChI is InChI=1S/C16H22N2OS/c1-10-3-2-4-12(7-10)15(19)14-16(11-5-6-11)20-13-8-17-9-18(13)14/h8-12,15,19H,2-7H2,1H3. The van der Waals surface area contributed by atoms with E-state index in [2.05, 4.69) is 16.3 Å². The molecule has 4 heteroatoms. The summed E-state index contributed by atoms with van der Waals surface area (Å²) in [4.78, 5) is 6.86. The fraction of sp³-hybridized carbons (Fsp3) is 0.688. The van der Waals surface area contributed by atoms with E-state index >= 15 is 0 Å². The molecule has 2 aromatic rings. The molecule has 1 N–H and O–H groups in total. The summed E-state index contributed by atoms with van der Waals surface area (Å²) < 4.78 is 2.14. The van der Waals surface area contributed by atoms with Crippen LogP contribution in [0.2, 0.25) is 0 Å². The Bertz CT molecular complexity index is 613. The van der Waals surface area contributed by atoms with Crippen molar-refractivity contribution in [2.45, 2.75) is 57.5 Å². The van der Waals surface area contributed by atoms with E-state index in [1.54, 1.807) is 0 Å². The van der Waals surface area contributed by atoms with E-state index < -0.39 is 0 Å². The van der Waals surface area contributed by atoms with E-state index in [9.17, 15) is 5.11 Å². The quantitative estimate of drug-likeness (QED) is 0.922. The van der Waals surface area contributed by atoms with Crippen molar-refractivity contribution in [1.82, 2.24) is 9.38 Å². The zero-order valence-electron chi connectivity index (χ0n) is 12.0. The van der Waals surface area contributed by atoms with Crippen LogP contribution in [0, 0.1) is 11.8 Å². The van der Waals surface area contributed by atoms with E-state index in [1.807, 2.05) is 23.9 Å². The third-order valence-electron chi connectivity index (χ3n) is 4.98. The van der Waals surface area contributed by atoms with E-state index in [4.69, 9.17) is 0 Å². The lowest BCUT2D eigenvalue weighted by Gasteiger charge is -2.30. The predicted octanol–water partition coefficient (Wildman–Crippen LogP) is 4.13. The van der Waals surface area contributed by atoms with Gasteiger partial charge in [0.05, 0.1) is 18.0 Å². The van der Waals surface area contributed by atoms with Crippen LogP contribution in [-0.2, 0) is 0 Å². The van der Waals surface area contributed by atoms with Crippen molar-refractivity contribution in [3.8, 4) is 0 Å². The largest absolute Gasteiger partial charge is 0.387 e. The number of hydrogen-bond donors (Lipinski definition) is 1. The van der Waals surface area contributed by atoms with Gasteiger partial charge in [0.25, 0.3) is 0 Å². The lowest BCUT2D eigenvalue weighted by Crippen LogP contribution is -2.21. The minimum atomic E-state index is -0.309. The number of fused-ring (bicyclic) bond motifs is 1. The molecule has 0 saturated heterocycles. The average Bonchev–Trinajstić information content (AvgIpc) is 3.07. The molecule has 2 aromatic heterocycles. The highest BCUT2D eigenvalue weighted by Gasteiger charge is 2.35. The van der Waals surface area contributed by atoms with Crippen LogP contribution in [0.5, 0.6) is 0 Å². The Morgan fingerprint density at radius 2 is 2.20 bits per heavy atom. The van der Waals surface area contributed by atoms with Crippen molar-refractivity contribution in [3.05, 3.63) is 23.1 Å². The van der Waals surface area contributed by atoms with Gasteiger partial charge >= 0.3 is 0 Å². The van der Waals surface area contributed by atoms with E-state index in [0.717, 1.165) is 18.0 Å². The van der Waals surface area contributed by atoms with Crippen LogP contribution in [0.3, 0.4) is 0 Å². The summed E-state index contributed by atoms with van der Waals surface area (Å²) in [5, 5.41) is 11.0. The van der Waals surface area contributed by atoms with Crippen LogP contribution in [0.4, 0.5) is 0 Å². The summed E-state index contributed by atoms with van der Waals surface area (Å²) in [5.41, 5.74) is 1.16. The molecule has 3 unspecified atom stereocenters. The second kappa shape index (κ2) is 4.85. The molecule has 2 aliphatic carbocycles. The minimum Gasteiger partial charge on any atom is -0.387 e. The Morgan fingerprint density at radius 3 is 2.95 bits per heavy atom. The molecule has 4 rings (SSSR count). The van der Waals surface area contributed by atoms with Gasteiger partial charge in [-0.3, -0.25) is 4.40 Å². The first-order chi connectivity index (χ1) is 9.74. The molecular formula is C16H22N2OS. The van der Waals surface area contributed by atoms with Gasteiger partial charge in [-0.05, 0) is 43.4 Å². The van der Waals surface area contributed by atoms with Crippen molar-refractivity contribution in [2.24, 2.45) is 11.8 Å². The molecule has 2 saturated carbocycles. The molecule has 0 spiro atoms. The Hall–Kier alpha value is -0.870. The lowest BCUT2D eigenvalue weighted by atomic mass is 9.78. The molecular weight excluding hydrogens is 268 g/mol. The SMILES string of the molecule is CC1CCCC(C(O)c2c(C3CC3)sc3cncn23)C1. The highest BCUT2D eigenvalue weighted by Crippen LogP contribution is 2.49. The van der Waals surface area contributed by atoms with Gasteiger partial charge in [0.2, 0.25) is 0 Å². The number of imidazole rings is 1. The second-order valence-corrected chi connectivity index (χ2v) is 7.77. The first-order valence-corrected chi connectivity index (χ1v) is 8.68. The number of aliphatic hydroxyl groups is 1. The zero-order chi connectivity index (χ0) is 13.7. The number of aliphatic hydroxyl groups excluding tert-OH is 1. The van der Waals surface area contributed by atoms with Gasteiger partial charge in [-0.15, -0.1) is 11.3 Å². The lowest BCUT2D eigenvalue weighted by molar-refractivity contribution is 0.0669. The minimum absolute atomic E-state index is 0.309. The van der Waals surface area contributed by atoms with E-state index in [1.165, 1.54) is 41.8 Å². The van der Waals surface area contributed by atoms with Gasteiger partial charge in [-0.1, -0.05) is 19.8 Å². The van der Waals surface area contributed by atoms with Crippen molar-refractivity contribution >= 4 is 16.2 Å². The van der Waals surface area contributed by atoms with Gasteiger partial charge in [0.15, 0.2) is 0 Å². The predicted molar refractivity (Wildman–Crippen MR) is 81.1 cm³/mol. The first-order valence-electron chi connectivity index (χ1n) is 7.86. The summed E-state index contributed by atoms with van der Waals surface area (Å²) in [6, 6.07) is 0. The summed E-state index contributed by atoms with van der Waals surface area (Å²) in [7, 11) is 0. The second-order valence-electron chi connectivity index (χ2n) is 6.70. The van der Waals surface area contributed by atoms with Crippen LogP contribution in [0.25, 0.3) is 4.83 Å². The number of nitrogens with zero attached hydrogens (tertiary/aromatic N) is 2. The van der Waals surface area contributed by atoms with Gasteiger partial charge in [0, 0.05) is 4.88 Å². The highest BCUT2D eigenvalue weighted by molar-refractivity contribution is 7.17. The Morgan fingerprint density at radius 1 is 1.35 bits per heavy atom. The highest BCUT2D eigenvalue weighted by atomic mass is 32.1. The Kier molecular flexibility index (Phi) is 3.11. The summed E-state index contributed by atoms with van der Waals surface area (Å²) in [6.45, 7) is 2.32. The van der Waals surface area contributed by atoms with Gasteiger partial charge in [-0.2, -0.15) is 0 Å². The molecule has 108 valence electrons. The molecule has 0 aliphatic heterocycles. The number of hydrogen-bond acceptors (Lipinski definition) is 3. The van der Waals surface area contributed by atoms with Gasteiger partial charge in [-0.25, -0.2) is 4.98 Å². The number of thiazole rings is 1. The average molecular weight is 290 g/mol. The molecule has 2 fully saturated rings. The maximum atomic E-state index is 11.0. The third-order valence-corrected chi connectivity index (χ3v) is 6.26. The van der Waals surface area contributed by atoms with E-state index in [-0.39, 0.29) is 6.10 Å². The van der Waals surface area contributed by atoms with Crippen LogP contribution in [0.15, 0.2) is 12.5 Å². The molecule has 20 heavy (non-hydrogen) atoms. The molecule has 0 amide bonds. The molecule has 3 nitrogen and oxygen atoms in total. The van der Waals surface area contributed by atoms with Crippen LogP contribution in [-0.4, -0.2) is 14.5 Å². The molecule has 2 heterocycles. The molecule has 0 bridgehead atoms. The smallest absolute Gasteiger partial charge is 0.120 e. The Balaban J connectivity index is 1.72. The van der Waals surface area contributed by atoms with Crippen molar-refractivity contribution in [3.63, 3.8) is 0 Å². The summed E-state index contributed by atoms with van der Waals surface area (Å²) in [5.74, 6) is 1.88. The summed E-state index contributed by atoms with van der Waals surface area (Å²) in [6.07, 6.45) is 11.0. The fourth-order valence-electron chi connectivity index (χ4n) is 3.74. The van der Waals surface area contributed by atoms with Gasteiger partial charge < -0.3 is 5.11 Å². The number of aromatic nitrogens is 2. The maximum Gasteiger partial charge on any atom is 0.120 e. The monoisotopic (exact) mass is 290 g/mol. The number of rotatable bonds is 3. The third kappa shape index (κ3) is 2.09. The Labute approximate surface area is 123 Å². The molecule has 3 atom stereocenters. The van der Waals surface area contributed by atoms with Crippen LogP contribution >= 0.6 is 11.3 Å². The van der Waals surface area contributed by atoms with Gasteiger partial charge in [0.1, 0.15) is 11.2 Å². The summed E-state index contributed by atoms with van der Waals surface area (Å²) >= 11 is 1.83. The molecule has 0 radical (unpaired) electrons. The van der Waals surface area contributed by atoms with Crippen LogP contribution < -0.4 is 0 Å². The van der Waals surface area contributed by atoms with Crippen molar-refractivity contribution in [1.29, 1.82) is 0 Å². The van der Waals surface area contributed by atoms with Crippen molar-refractivity contribution in [2.75, 3.05) is 0 Å². The van der Waals surface area contributed by atoms with Crippen LogP contribution in [0.1, 0.15) is 68.0 Å². The molecule has 2 aliphatic rings. The molecule has 0 aromatic carbocycles.